The molecule has 24 heavy (non-hydrogen) atoms. The van der Waals surface area contributed by atoms with Crippen molar-refractivity contribution >= 4 is 46.4 Å². The molecule has 0 amide bonds. The van der Waals surface area contributed by atoms with Crippen LogP contribution in [0.25, 0.3) is 0 Å². The van der Waals surface area contributed by atoms with Gasteiger partial charge in [-0.05, 0) is 40.9 Å². The zero-order valence-corrected chi connectivity index (χ0v) is 18.0. The molecule has 0 radical (unpaired) electrons. The summed E-state index contributed by atoms with van der Waals surface area (Å²) in [6, 6.07) is 24.1. The molecule has 2 saturated heterocycles. The average molecular weight is 467 g/mol. The monoisotopic (exact) mass is 467 g/mol. The van der Waals surface area contributed by atoms with Crippen LogP contribution in [0.5, 0.6) is 0 Å². The van der Waals surface area contributed by atoms with Crippen LogP contribution in [0.3, 0.4) is 0 Å². The highest BCUT2D eigenvalue weighted by Crippen LogP contribution is 2.61. The SMILES string of the molecule is C[Si](C[C@H]1OP(I)N2CCC[C@@H]12)(c1ccccc1)c1ccccc1. The summed E-state index contributed by atoms with van der Waals surface area (Å²) in [4.78, 5) is 0. The highest BCUT2D eigenvalue weighted by Gasteiger charge is 2.47. The molecule has 0 aromatic heterocycles. The Bertz CT molecular complexity index is 647. The van der Waals surface area contributed by atoms with Gasteiger partial charge < -0.3 is 4.52 Å². The van der Waals surface area contributed by atoms with E-state index in [-0.39, 0.29) is 0 Å². The Kier molecular flexibility index (Phi) is 5.12. The van der Waals surface area contributed by atoms with E-state index in [0.717, 1.165) is 0 Å². The predicted octanol–water partition coefficient (Wildman–Crippen LogP) is 4.40. The summed E-state index contributed by atoms with van der Waals surface area (Å²) in [5.74, 6) is -0.410. The van der Waals surface area contributed by atoms with Gasteiger partial charge in [-0.25, -0.2) is 4.67 Å². The zero-order chi connectivity index (χ0) is 16.6. The fourth-order valence-corrected chi connectivity index (χ4v) is 12.0. The molecule has 5 heteroatoms. The Morgan fingerprint density at radius 2 is 1.67 bits per heavy atom. The number of hydrogen-bond donors (Lipinski definition) is 0. The average Bonchev–Trinajstić information content (AvgIpc) is 3.22. The van der Waals surface area contributed by atoms with Crippen LogP contribution in [0.15, 0.2) is 60.7 Å². The Balaban J connectivity index is 1.69. The van der Waals surface area contributed by atoms with Crippen LogP contribution in [-0.2, 0) is 4.52 Å². The lowest BCUT2D eigenvalue weighted by Gasteiger charge is -2.32. The second-order valence-electron chi connectivity index (χ2n) is 7.01. The van der Waals surface area contributed by atoms with Crippen LogP contribution < -0.4 is 10.4 Å². The lowest BCUT2D eigenvalue weighted by molar-refractivity contribution is 0.232. The first kappa shape index (κ1) is 17.2. The van der Waals surface area contributed by atoms with Crippen molar-refractivity contribution in [2.24, 2.45) is 0 Å². The van der Waals surface area contributed by atoms with Crippen molar-refractivity contribution < 1.29 is 4.52 Å². The minimum atomic E-state index is -1.80. The fraction of sp³-hybridized carbons (Fsp3) is 0.368. The molecule has 2 aliphatic heterocycles. The van der Waals surface area contributed by atoms with Crippen molar-refractivity contribution in [1.29, 1.82) is 0 Å². The van der Waals surface area contributed by atoms with E-state index >= 15 is 0 Å². The number of fused-ring (bicyclic) bond motifs is 1. The Hall–Kier alpha value is -0.263. The van der Waals surface area contributed by atoms with Crippen LogP contribution in [0.1, 0.15) is 12.8 Å². The molecule has 0 saturated carbocycles. The van der Waals surface area contributed by atoms with Gasteiger partial charge in [-0.15, -0.1) is 0 Å². The topological polar surface area (TPSA) is 12.5 Å². The first-order valence-electron chi connectivity index (χ1n) is 8.69. The van der Waals surface area contributed by atoms with Crippen molar-refractivity contribution in [1.82, 2.24) is 4.67 Å². The maximum Gasteiger partial charge on any atom is 0.173 e. The molecule has 2 heterocycles. The molecular weight excluding hydrogens is 444 g/mol. The maximum atomic E-state index is 6.48. The molecule has 0 spiro atoms. The summed E-state index contributed by atoms with van der Waals surface area (Å²) >= 11 is 2.53. The number of halogens is 1. The van der Waals surface area contributed by atoms with Crippen LogP contribution >= 0.6 is 28.0 Å². The van der Waals surface area contributed by atoms with Gasteiger partial charge in [0.15, 0.2) is 5.94 Å². The van der Waals surface area contributed by atoms with Gasteiger partial charge in [0, 0.05) is 12.6 Å². The highest BCUT2D eigenvalue weighted by molar-refractivity contribution is 14.2. The summed E-state index contributed by atoms with van der Waals surface area (Å²) in [6.45, 7) is 3.75. The molecule has 126 valence electrons. The smallest absolute Gasteiger partial charge is 0.173 e. The van der Waals surface area contributed by atoms with Gasteiger partial charge in [-0.2, -0.15) is 0 Å². The Labute approximate surface area is 160 Å². The van der Waals surface area contributed by atoms with Crippen LogP contribution in [-0.4, -0.2) is 31.4 Å². The summed E-state index contributed by atoms with van der Waals surface area (Å²) in [5.41, 5.74) is 0. The van der Waals surface area contributed by atoms with Gasteiger partial charge in [0.05, 0.1) is 6.10 Å². The van der Waals surface area contributed by atoms with Crippen molar-refractivity contribution in [3.63, 3.8) is 0 Å². The molecule has 4 rings (SSSR count). The molecule has 2 aromatic carbocycles. The first-order valence-corrected chi connectivity index (χ1v) is 15.4. The second-order valence-corrected chi connectivity index (χ2v) is 14.9. The standard InChI is InChI=1S/C19H23INOPSi/c1-24(16-9-4-2-5-10-16,17-11-6-3-7-12-17)15-19-18-13-8-14-21(18)23(20)22-19/h2-7,9-12,18-19H,8,13-15H2,1H3/t18-,19+,23?/m0/s1. The van der Waals surface area contributed by atoms with Gasteiger partial charge in [-0.1, -0.05) is 77.6 Å². The molecule has 2 aromatic rings. The van der Waals surface area contributed by atoms with E-state index in [1.807, 2.05) is 0 Å². The van der Waals surface area contributed by atoms with Crippen molar-refractivity contribution in [3.8, 4) is 0 Å². The zero-order valence-electron chi connectivity index (χ0n) is 13.9. The second kappa shape index (κ2) is 7.16. The maximum absolute atomic E-state index is 6.48. The van der Waals surface area contributed by atoms with E-state index in [2.05, 4.69) is 93.9 Å². The lowest BCUT2D eigenvalue weighted by Crippen LogP contribution is -2.58. The first-order chi connectivity index (χ1) is 11.7. The van der Waals surface area contributed by atoms with Crippen molar-refractivity contribution in [2.75, 3.05) is 6.54 Å². The van der Waals surface area contributed by atoms with Gasteiger partial charge in [0.25, 0.3) is 0 Å². The van der Waals surface area contributed by atoms with Crippen LogP contribution in [0, 0.1) is 0 Å². The summed E-state index contributed by atoms with van der Waals surface area (Å²) < 4.78 is 9.11. The molecule has 0 bridgehead atoms. The Morgan fingerprint density at radius 3 is 2.25 bits per heavy atom. The van der Waals surface area contributed by atoms with E-state index < -0.39 is 14.0 Å². The van der Waals surface area contributed by atoms with Crippen molar-refractivity contribution in [2.45, 2.75) is 37.6 Å². The molecule has 2 aliphatic rings. The van der Waals surface area contributed by atoms with Gasteiger partial charge >= 0.3 is 0 Å². The molecular formula is C19H23INOPSi. The van der Waals surface area contributed by atoms with E-state index in [1.54, 1.807) is 0 Å². The van der Waals surface area contributed by atoms with E-state index in [0.29, 0.717) is 12.1 Å². The number of benzene rings is 2. The summed E-state index contributed by atoms with van der Waals surface area (Å²) in [7, 11) is -1.80. The number of hydrogen-bond acceptors (Lipinski definition) is 2. The normalized spacial score (nSPS) is 27.3. The molecule has 3 atom stereocenters. The predicted molar refractivity (Wildman–Crippen MR) is 114 cm³/mol. The largest absolute Gasteiger partial charge is 0.331 e. The number of nitrogens with zero attached hydrogens (tertiary/aromatic N) is 1. The molecule has 1 unspecified atom stereocenters. The molecule has 2 nitrogen and oxygen atoms in total. The van der Waals surface area contributed by atoms with Crippen LogP contribution in [0.2, 0.25) is 12.6 Å². The van der Waals surface area contributed by atoms with Crippen molar-refractivity contribution in [3.05, 3.63) is 60.7 Å². The minimum Gasteiger partial charge on any atom is -0.331 e. The highest BCUT2D eigenvalue weighted by atomic mass is 127. The Morgan fingerprint density at radius 1 is 1.08 bits per heavy atom. The number of rotatable bonds is 4. The third-order valence-corrected chi connectivity index (χ3v) is 13.7. The van der Waals surface area contributed by atoms with Gasteiger partial charge in [-0.3, -0.25) is 0 Å². The summed E-state index contributed by atoms with van der Waals surface area (Å²) in [6.07, 6.45) is 3.04. The molecule has 0 N–H and O–H groups in total. The van der Waals surface area contributed by atoms with E-state index in [1.165, 1.54) is 35.8 Å². The minimum absolute atomic E-state index is 0.396. The molecule has 0 aliphatic carbocycles. The fourth-order valence-electron chi connectivity index (χ4n) is 4.18. The summed E-state index contributed by atoms with van der Waals surface area (Å²) in [5, 5.41) is 3.04. The van der Waals surface area contributed by atoms with E-state index in [4.69, 9.17) is 4.52 Å². The lowest BCUT2D eigenvalue weighted by atomic mass is 10.1. The van der Waals surface area contributed by atoms with Gasteiger partial charge in [0.1, 0.15) is 8.07 Å². The van der Waals surface area contributed by atoms with E-state index in [9.17, 15) is 0 Å². The quantitative estimate of drug-likeness (QED) is 0.376. The third kappa shape index (κ3) is 3.12. The van der Waals surface area contributed by atoms with Crippen LogP contribution in [0.4, 0.5) is 0 Å². The van der Waals surface area contributed by atoms with Gasteiger partial charge in [0.2, 0.25) is 0 Å². The molecule has 2 fully saturated rings. The third-order valence-electron chi connectivity index (χ3n) is 5.55.